The number of amides is 1. The van der Waals surface area contributed by atoms with Crippen LogP contribution in [0.25, 0.3) is 0 Å². The van der Waals surface area contributed by atoms with Gasteiger partial charge in [-0.1, -0.05) is 31.2 Å². The number of anilines is 1. The Morgan fingerprint density at radius 2 is 1.89 bits per heavy atom. The predicted octanol–water partition coefficient (Wildman–Crippen LogP) is 3.28. The summed E-state index contributed by atoms with van der Waals surface area (Å²) in [7, 11) is -0.415. The van der Waals surface area contributed by atoms with E-state index in [1.165, 1.54) is 7.05 Å². The van der Waals surface area contributed by atoms with Crippen molar-refractivity contribution in [3.05, 3.63) is 59.2 Å². The Bertz CT molecular complexity index is 925. The molecule has 0 unspecified atom stereocenters. The number of sulfonamides is 1. The van der Waals surface area contributed by atoms with Gasteiger partial charge in [0.2, 0.25) is 10.0 Å². The second kappa shape index (κ2) is 8.43. The van der Waals surface area contributed by atoms with Crippen molar-refractivity contribution in [3.63, 3.8) is 0 Å². The van der Waals surface area contributed by atoms with Gasteiger partial charge in [0, 0.05) is 7.05 Å². The van der Waals surface area contributed by atoms with E-state index < -0.39 is 10.0 Å². The zero-order valence-corrected chi connectivity index (χ0v) is 17.1. The molecule has 0 bridgehead atoms. The van der Waals surface area contributed by atoms with Gasteiger partial charge in [-0.15, -0.1) is 0 Å². The van der Waals surface area contributed by atoms with Crippen molar-refractivity contribution in [2.45, 2.75) is 26.3 Å². The number of carbonyl (C=O) groups excluding carboxylic acids is 1. The molecular weight excluding hydrogens is 364 g/mol. The van der Waals surface area contributed by atoms with E-state index in [1.807, 2.05) is 32.0 Å². The molecule has 0 fully saturated rings. The lowest BCUT2D eigenvalue weighted by Crippen LogP contribution is -2.32. The minimum Gasteiger partial charge on any atom is -0.496 e. The van der Waals surface area contributed by atoms with Gasteiger partial charge in [-0.25, -0.2) is 8.42 Å². The SMILES string of the molecule is CC[C@@H](NC(=O)c1ccccc1N(C)S(C)(=O)=O)c1ccc(OC)c(C)c1. The van der Waals surface area contributed by atoms with Crippen LogP contribution in [0, 0.1) is 6.92 Å². The fraction of sp³-hybridized carbons (Fsp3) is 0.350. The summed E-state index contributed by atoms with van der Waals surface area (Å²) in [6.07, 6.45) is 1.80. The molecule has 2 rings (SSSR count). The second-order valence-electron chi connectivity index (χ2n) is 6.41. The van der Waals surface area contributed by atoms with Gasteiger partial charge < -0.3 is 10.1 Å². The van der Waals surface area contributed by atoms with Crippen molar-refractivity contribution in [3.8, 4) is 5.75 Å². The highest BCUT2D eigenvalue weighted by molar-refractivity contribution is 7.92. The number of benzene rings is 2. The average molecular weight is 391 g/mol. The predicted molar refractivity (Wildman–Crippen MR) is 108 cm³/mol. The van der Waals surface area contributed by atoms with Crippen molar-refractivity contribution in [1.29, 1.82) is 0 Å². The highest BCUT2D eigenvalue weighted by atomic mass is 32.2. The Kier molecular flexibility index (Phi) is 6.49. The minimum atomic E-state index is -3.47. The topological polar surface area (TPSA) is 75.7 Å². The van der Waals surface area contributed by atoms with Gasteiger partial charge in [0.15, 0.2) is 0 Å². The Hall–Kier alpha value is -2.54. The van der Waals surface area contributed by atoms with Gasteiger partial charge >= 0.3 is 0 Å². The molecule has 6 nitrogen and oxygen atoms in total. The standard InChI is InChI=1S/C20H26N2O4S/c1-6-17(15-11-12-19(26-4)14(2)13-15)21-20(23)16-9-7-8-10-18(16)22(3)27(5,24)25/h7-13,17H,6H2,1-5H3,(H,21,23)/t17-/m1/s1. The quantitative estimate of drug-likeness (QED) is 0.787. The summed E-state index contributed by atoms with van der Waals surface area (Å²) in [5.74, 6) is 0.474. The number of nitrogens with one attached hydrogen (secondary N) is 1. The minimum absolute atomic E-state index is 0.196. The summed E-state index contributed by atoms with van der Waals surface area (Å²) in [4.78, 5) is 12.9. The van der Waals surface area contributed by atoms with Crippen LogP contribution >= 0.6 is 0 Å². The van der Waals surface area contributed by atoms with Crippen LogP contribution in [-0.2, 0) is 10.0 Å². The maximum atomic E-state index is 12.9. The molecule has 0 saturated carbocycles. The summed E-state index contributed by atoms with van der Waals surface area (Å²) in [6, 6.07) is 12.3. The lowest BCUT2D eigenvalue weighted by molar-refractivity contribution is 0.0936. The van der Waals surface area contributed by atoms with Crippen molar-refractivity contribution in [2.24, 2.45) is 0 Å². The molecule has 2 aromatic rings. The van der Waals surface area contributed by atoms with E-state index in [0.29, 0.717) is 17.7 Å². The molecule has 1 N–H and O–H groups in total. The van der Waals surface area contributed by atoms with E-state index in [1.54, 1.807) is 31.4 Å². The monoisotopic (exact) mass is 390 g/mol. The molecule has 146 valence electrons. The summed E-state index contributed by atoms with van der Waals surface area (Å²) in [6.45, 7) is 3.94. The fourth-order valence-corrected chi connectivity index (χ4v) is 3.41. The van der Waals surface area contributed by atoms with Crippen LogP contribution in [0.5, 0.6) is 5.75 Å². The van der Waals surface area contributed by atoms with Crippen LogP contribution in [0.4, 0.5) is 5.69 Å². The highest BCUT2D eigenvalue weighted by Crippen LogP contribution is 2.26. The number of methoxy groups -OCH3 is 1. The molecule has 0 radical (unpaired) electrons. The van der Waals surface area contributed by atoms with E-state index in [2.05, 4.69) is 5.32 Å². The van der Waals surface area contributed by atoms with E-state index in [0.717, 1.165) is 27.4 Å². The van der Waals surface area contributed by atoms with Crippen molar-refractivity contribution in [1.82, 2.24) is 5.32 Å². The molecule has 0 aromatic heterocycles. The van der Waals surface area contributed by atoms with E-state index in [9.17, 15) is 13.2 Å². The number of para-hydroxylation sites is 1. The smallest absolute Gasteiger partial charge is 0.253 e. The van der Waals surface area contributed by atoms with Crippen molar-refractivity contribution >= 4 is 21.6 Å². The van der Waals surface area contributed by atoms with Gasteiger partial charge in [0.1, 0.15) is 5.75 Å². The summed E-state index contributed by atoms with van der Waals surface area (Å²) in [5, 5.41) is 3.01. The third-order valence-electron chi connectivity index (χ3n) is 4.52. The molecular formula is C20H26N2O4S. The number of hydrogen-bond donors (Lipinski definition) is 1. The van der Waals surface area contributed by atoms with Gasteiger partial charge in [-0.2, -0.15) is 0 Å². The van der Waals surface area contributed by atoms with Crippen molar-refractivity contribution in [2.75, 3.05) is 24.7 Å². The molecule has 1 amide bonds. The third kappa shape index (κ3) is 4.80. The number of hydrogen-bond acceptors (Lipinski definition) is 4. The largest absolute Gasteiger partial charge is 0.496 e. The van der Waals surface area contributed by atoms with E-state index in [4.69, 9.17) is 4.74 Å². The molecule has 0 spiro atoms. The van der Waals surface area contributed by atoms with Crippen LogP contribution in [0.2, 0.25) is 0 Å². The third-order valence-corrected chi connectivity index (χ3v) is 5.71. The average Bonchev–Trinajstić information content (AvgIpc) is 2.64. The molecule has 1 atom stereocenters. The molecule has 7 heteroatoms. The molecule has 0 saturated heterocycles. The highest BCUT2D eigenvalue weighted by Gasteiger charge is 2.21. The number of aryl methyl sites for hydroxylation is 1. The van der Waals surface area contributed by atoms with E-state index in [-0.39, 0.29) is 11.9 Å². The number of rotatable bonds is 7. The maximum absolute atomic E-state index is 12.9. The zero-order valence-electron chi connectivity index (χ0n) is 16.3. The number of nitrogens with zero attached hydrogens (tertiary/aromatic N) is 1. The Morgan fingerprint density at radius 3 is 2.44 bits per heavy atom. The van der Waals surface area contributed by atoms with Crippen LogP contribution in [0.3, 0.4) is 0 Å². The summed E-state index contributed by atoms with van der Waals surface area (Å²) < 4.78 is 30.2. The normalized spacial score (nSPS) is 12.3. The zero-order chi connectivity index (χ0) is 20.2. The molecule has 2 aromatic carbocycles. The first kappa shape index (κ1) is 20.8. The lowest BCUT2D eigenvalue weighted by atomic mass is 10.0. The maximum Gasteiger partial charge on any atom is 0.253 e. The Balaban J connectivity index is 2.32. The van der Waals surface area contributed by atoms with Crippen LogP contribution in [0.15, 0.2) is 42.5 Å². The summed E-state index contributed by atoms with van der Waals surface area (Å²) >= 11 is 0. The number of ether oxygens (including phenoxy) is 1. The molecule has 27 heavy (non-hydrogen) atoms. The molecule has 0 aliphatic heterocycles. The van der Waals surface area contributed by atoms with Crippen LogP contribution < -0.4 is 14.4 Å². The fourth-order valence-electron chi connectivity index (χ4n) is 2.89. The van der Waals surface area contributed by atoms with Crippen LogP contribution in [-0.4, -0.2) is 34.7 Å². The first-order chi connectivity index (χ1) is 12.7. The van der Waals surface area contributed by atoms with Gasteiger partial charge in [-0.3, -0.25) is 9.10 Å². The van der Waals surface area contributed by atoms with Gasteiger partial charge in [0.05, 0.1) is 30.7 Å². The lowest BCUT2D eigenvalue weighted by Gasteiger charge is -2.22. The molecule has 0 aliphatic rings. The van der Waals surface area contributed by atoms with E-state index >= 15 is 0 Å². The van der Waals surface area contributed by atoms with Gasteiger partial charge in [-0.05, 0) is 42.7 Å². The van der Waals surface area contributed by atoms with Crippen LogP contribution in [0.1, 0.15) is 40.9 Å². The Morgan fingerprint density at radius 1 is 1.22 bits per heavy atom. The van der Waals surface area contributed by atoms with Crippen molar-refractivity contribution < 1.29 is 17.9 Å². The molecule has 0 aliphatic carbocycles. The Labute approximate surface area is 161 Å². The number of carbonyl (C=O) groups is 1. The van der Waals surface area contributed by atoms with Gasteiger partial charge in [0.25, 0.3) is 5.91 Å². The second-order valence-corrected chi connectivity index (χ2v) is 8.42. The summed E-state index contributed by atoms with van der Waals surface area (Å²) in [5.41, 5.74) is 2.62. The molecule has 0 heterocycles. The first-order valence-electron chi connectivity index (χ1n) is 8.67. The first-order valence-corrected chi connectivity index (χ1v) is 10.5.